The highest BCUT2D eigenvalue weighted by molar-refractivity contribution is 5.95. The van der Waals surface area contributed by atoms with E-state index in [0.29, 0.717) is 0 Å². The fourth-order valence-electron chi connectivity index (χ4n) is 1.46. The van der Waals surface area contributed by atoms with Gasteiger partial charge in [-0.2, -0.15) is 5.10 Å². The molecule has 0 aliphatic rings. The summed E-state index contributed by atoms with van der Waals surface area (Å²) in [4.78, 5) is 11.6. The first-order valence-electron chi connectivity index (χ1n) is 5.61. The van der Waals surface area contributed by atoms with E-state index in [1.54, 1.807) is 0 Å². The Morgan fingerprint density at radius 3 is 2.45 bits per heavy atom. The molecule has 6 heteroatoms. The number of carbonyl (C=O) groups is 1. The molecule has 2 rings (SSSR count). The monoisotopic (exact) mass is 278 g/mol. The minimum absolute atomic E-state index is 0.157. The Bertz CT molecular complexity index is 671. The molecule has 2 aromatic rings. The van der Waals surface area contributed by atoms with E-state index >= 15 is 0 Å². The number of amides is 1. The smallest absolute Gasteiger partial charge is 0.267 e. The molecule has 3 nitrogen and oxygen atoms in total. The van der Waals surface area contributed by atoms with Gasteiger partial charge in [0, 0.05) is 0 Å². The van der Waals surface area contributed by atoms with Gasteiger partial charge in [-0.3, -0.25) is 4.79 Å². The lowest BCUT2D eigenvalue weighted by atomic mass is 10.2. The Kier molecular flexibility index (Phi) is 4.14. The van der Waals surface area contributed by atoms with Crippen LogP contribution >= 0.6 is 0 Å². The Morgan fingerprint density at radius 2 is 1.75 bits per heavy atom. The normalized spacial score (nSPS) is 10.8. The van der Waals surface area contributed by atoms with Gasteiger partial charge in [-0.1, -0.05) is 18.2 Å². The van der Waals surface area contributed by atoms with Crippen molar-refractivity contribution in [3.63, 3.8) is 0 Å². The minimum atomic E-state index is -1.02. The number of halogens is 3. The molecule has 0 aliphatic heterocycles. The minimum Gasteiger partial charge on any atom is -0.267 e. The lowest BCUT2D eigenvalue weighted by Gasteiger charge is -2.00. The number of benzene rings is 2. The number of nitrogens with one attached hydrogen (secondary N) is 1. The molecule has 0 aliphatic carbocycles. The van der Waals surface area contributed by atoms with Crippen LogP contribution in [-0.2, 0) is 0 Å². The van der Waals surface area contributed by atoms with Gasteiger partial charge in [0.1, 0.15) is 5.82 Å². The van der Waals surface area contributed by atoms with Crippen molar-refractivity contribution in [2.45, 2.75) is 0 Å². The topological polar surface area (TPSA) is 41.5 Å². The summed E-state index contributed by atoms with van der Waals surface area (Å²) in [5, 5.41) is 3.55. The predicted octanol–water partition coefficient (Wildman–Crippen LogP) is 2.87. The van der Waals surface area contributed by atoms with E-state index in [1.165, 1.54) is 24.3 Å². The van der Waals surface area contributed by atoms with Crippen molar-refractivity contribution in [3.8, 4) is 0 Å². The van der Waals surface area contributed by atoms with Gasteiger partial charge >= 0.3 is 0 Å². The van der Waals surface area contributed by atoms with Crippen molar-refractivity contribution in [1.82, 2.24) is 5.43 Å². The summed E-state index contributed by atoms with van der Waals surface area (Å²) in [6.45, 7) is 0. The SMILES string of the molecule is O=C(N/N=C/c1ccc(F)c(F)c1)c1ccccc1F. The molecule has 0 bridgehead atoms. The second kappa shape index (κ2) is 6.01. The van der Waals surface area contributed by atoms with Crippen LogP contribution < -0.4 is 5.43 Å². The zero-order valence-electron chi connectivity index (χ0n) is 10.1. The Balaban J connectivity index is 2.05. The molecule has 102 valence electrons. The van der Waals surface area contributed by atoms with E-state index in [0.717, 1.165) is 24.4 Å². The van der Waals surface area contributed by atoms with E-state index < -0.39 is 23.4 Å². The number of carbonyl (C=O) groups excluding carboxylic acids is 1. The average molecular weight is 278 g/mol. The van der Waals surface area contributed by atoms with Gasteiger partial charge in [-0.05, 0) is 29.8 Å². The highest BCUT2D eigenvalue weighted by Crippen LogP contribution is 2.07. The second-order valence-electron chi connectivity index (χ2n) is 3.85. The summed E-state index contributed by atoms with van der Waals surface area (Å²) in [5.41, 5.74) is 2.20. The molecule has 0 saturated heterocycles. The number of hydrazone groups is 1. The molecular formula is C14H9F3N2O. The summed E-state index contributed by atoms with van der Waals surface area (Å²) < 4.78 is 38.9. The first kappa shape index (κ1) is 13.8. The van der Waals surface area contributed by atoms with Gasteiger partial charge in [-0.25, -0.2) is 18.6 Å². The Hall–Kier alpha value is -2.63. The van der Waals surface area contributed by atoms with Crippen molar-refractivity contribution in [3.05, 3.63) is 71.0 Å². The van der Waals surface area contributed by atoms with Crippen LogP contribution in [0.5, 0.6) is 0 Å². The molecule has 0 heterocycles. The fraction of sp³-hybridized carbons (Fsp3) is 0. The summed E-state index contributed by atoms with van der Waals surface area (Å²) in [6, 6.07) is 8.57. The van der Waals surface area contributed by atoms with Crippen LogP contribution in [0.15, 0.2) is 47.6 Å². The summed E-state index contributed by atoms with van der Waals surface area (Å²) in [7, 11) is 0. The largest absolute Gasteiger partial charge is 0.274 e. The van der Waals surface area contributed by atoms with Crippen molar-refractivity contribution >= 4 is 12.1 Å². The fourth-order valence-corrected chi connectivity index (χ4v) is 1.46. The third-order valence-corrected chi connectivity index (χ3v) is 2.44. The van der Waals surface area contributed by atoms with Crippen molar-refractivity contribution in [2.24, 2.45) is 5.10 Å². The van der Waals surface area contributed by atoms with Crippen LogP contribution in [0.25, 0.3) is 0 Å². The lowest BCUT2D eigenvalue weighted by Crippen LogP contribution is -2.18. The van der Waals surface area contributed by atoms with Crippen LogP contribution in [0.2, 0.25) is 0 Å². The first-order chi connectivity index (χ1) is 9.58. The van der Waals surface area contributed by atoms with E-state index in [-0.39, 0.29) is 11.1 Å². The maximum Gasteiger partial charge on any atom is 0.274 e. The van der Waals surface area contributed by atoms with E-state index in [4.69, 9.17) is 0 Å². The molecule has 0 fully saturated rings. The van der Waals surface area contributed by atoms with E-state index in [9.17, 15) is 18.0 Å². The second-order valence-corrected chi connectivity index (χ2v) is 3.85. The summed E-state index contributed by atoms with van der Waals surface area (Å²) in [5.74, 6) is -3.40. The molecule has 2 aromatic carbocycles. The zero-order valence-corrected chi connectivity index (χ0v) is 10.1. The molecule has 1 amide bonds. The molecule has 0 saturated carbocycles. The van der Waals surface area contributed by atoms with Crippen LogP contribution in [0, 0.1) is 17.5 Å². The number of rotatable bonds is 3. The lowest BCUT2D eigenvalue weighted by molar-refractivity contribution is 0.0951. The number of hydrogen-bond donors (Lipinski definition) is 1. The van der Waals surface area contributed by atoms with E-state index in [2.05, 4.69) is 10.5 Å². The standard InChI is InChI=1S/C14H9F3N2O/c15-11-4-2-1-3-10(11)14(20)19-18-8-9-5-6-12(16)13(17)7-9/h1-8H,(H,19,20)/b18-8+. The molecule has 0 spiro atoms. The zero-order chi connectivity index (χ0) is 14.5. The Labute approximate surface area is 112 Å². The first-order valence-corrected chi connectivity index (χ1v) is 5.61. The van der Waals surface area contributed by atoms with Crippen molar-refractivity contribution in [1.29, 1.82) is 0 Å². The van der Waals surface area contributed by atoms with E-state index in [1.807, 2.05) is 0 Å². The summed E-state index contributed by atoms with van der Waals surface area (Å²) in [6.07, 6.45) is 1.13. The predicted molar refractivity (Wildman–Crippen MR) is 67.8 cm³/mol. The number of nitrogens with zero attached hydrogens (tertiary/aromatic N) is 1. The molecule has 0 unspecified atom stereocenters. The number of hydrogen-bond acceptors (Lipinski definition) is 2. The highest BCUT2D eigenvalue weighted by Gasteiger charge is 2.09. The van der Waals surface area contributed by atoms with Crippen LogP contribution in [0.4, 0.5) is 13.2 Å². The van der Waals surface area contributed by atoms with Crippen molar-refractivity contribution in [2.75, 3.05) is 0 Å². The van der Waals surface area contributed by atoms with Crippen LogP contribution in [0.1, 0.15) is 15.9 Å². The van der Waals surface area contributed by atoms with Gasteiger partial charge in [-0.15, -0.1) is 0 Å². The quantitative estimate of drug-likeness (QED) is 0.680. The molecule has 1 N–H and O–H groups in total. The maximum atomic E-state index is 13.3. The molecule has 0 atom stereocenters. The maximum absolute atomic E-state index is 13.3. The Morgan fingerprint density at radius 1 is 1.00 bits per heavy atom. The summed E-state index contributed by atoms with van der Waals surface area (Å²) >= 11 is 0. The van der Waals surface area contributed by atoms with Gasteiger partial charge in [0.2, 0.25) is 0 Å². The molecule has 0 radical (unpaired) electrons. The molecule has 0 aromatic heterocycles. The van der Waals surface area contributed by atoms with Gasteiger partial charge in [0.25, 0.3) is 5.91 Å². The molecule has 20 heavy (non-hydrogen) atoms. The van der Waals surface area contributed by atoms with Gasteiger partial charge < -0.3 is 0 Å². The third kappa shape index (κ3) is 3.23. The van der Waals surface area contributed by atoms with Crippen LogP contribution in [-0.4, -0.2) is 12.1 Å². The molecular weight excluding hydrogens is 269 g/mol. The van der Waals surface area contributed by atoms with Gasteiger partial charge in [0.05, 0.1) is 11.8 Å². The highest BCUT2D eigenvalue weighted by atomic mass is 19.2. The van der Waals surface area contributed by atoms with Crippen molar-refractivity contribution < 1.29 is 18.0 Å². The van der Waals surface area contributed by atoms with Gasteiger partial charge in [0.15, 0.2) is 11.6 Å². The average Bonchev–Trinajstić information content (AvgIpc) is 2.43. The van der Waals surface area contributed by atoms with Crippen LogP contribution in [0.3, 0.4) is 0 Å². The third-order valence-electron chi connectivity index (χ3n) is 2.44.